The largest absolute Gasteiger partial charge is 0.395 e. The monoisotopic (exact) mass is 506 g/mol. The first-order valence-corrected chi connectivity index (χ1v) is 14.4. The molecule has 5 rings (SSSR count). The fraction of sp³-hybridized carbons (Fsp3) is 0.967. The van der Waals surface area contributed by atoms with E-state index in [4.69, 9.17) is 0 Å². The first kappa shape index (κ1) is 27.1. The molecule has 0 unspecified atom stereocenters. The van der Waals surface area contributed by atoms with E-state index < -0.39 is 29.3 Å². The molecule has 206 valence electrons. The molecule has 0 aromatic rings. The van der Waals surface area contributed by atoms with E-state index in [2.05, 4.69) is 20.8 Å². The van der Waals surface area contributed by atoms with Gasteiger partial charge in [-0.2, -0.15) is 0 Å². The van der Waals surface area contributed by atoms with Gasteiger partial charge in [0.25, 0.3) is 0 Å². The number of Topliss-reactive ketones (excluding diaryl/α,β-unsaturated/α-hetero) is 1. The predicted molar refractivity (Wildman–Crippen MR) is 137 cm³/mol. The first-order valence-electron chi connectivity index (χ1n) is 14.4. The third-order valence-electron chi connectivity index (χ3n) is 13.4. The Hall–Kier alpha value is -0.530. The molecule has 0 bridgehead atoms. The Morgan fingerprint density at radius 2 is 1.69 bits per heavy atom. The van der Waals surface area contributed by atoms with Crippen LogP contribution in [0.3, 0.4) is 0 Å². The molecule has 0 amide bonds. The second-order valence-electron chi connectivity index (χ2n) is 15.2. The molecule has 0 aliphatic heterocycles. The maximum absolute atomic E-state index is 12.9. The lowest BCUT2D eigenvalue weighted by molar-refractivity contribution is -0.194. The fourth-order valence-electron chi connectivity index (χ4n) is 11.3. The van der Waals surface area contributed by atoms with Gasteiger partial charge in [-0.3, -0.25) is 4.79 Å². The van der Waals surface area contributed by atoms with Gasteiger partial charge in [0, 0.05) is 6.42 Å². The Labute approximate surface area is 216 Å². The Kier molecular flexibility index (Phi) is 6.01. The van der Waals surface area contributed by atoms with Crippen molar-refractivity contribution in [2.45, 2.75) is 123 Å². The minimum atomic E-state index is -1.35. The summed E-state index contributed by atoms with van der Waals surface area (Å²) < 4.78 is 0. The number of fused-ring (bicyclic) bond motifs is 2. The molecule has 5 fully saturated rings. The molecule has 6 nitrogen and oxygen atoms in total. The van der Waals surface area contributed by atoms with Gasteiger partial charge in [0.15, 0.2) is 0 Å². The number of carbonyl (C=O) groups excluding carboxylic acids is 1. The summed E-state index contributed by atoms with van der Waals surface area (Å²) in [5.74, 6) is 0.982. The summed E-state index contributed by atoms with van der Waals surface area (Å²) in [6, 6.07) is 0. The smallest absolute Gasteiger partial charge is 0.141 e. The first-order chi connectivity index (χ1) is 16.5. The van der Waals surface area contributed by atoms with E-state index >= 15 is 0 Å². The van der Waals surface area contributed by atoms with Crippen molar-refractivity contribution in [2.75, 3.05) is 6.61 Å². The summed E-state index contributed by atoms with van der Waals surface area (Å²) in [6.07, 6.45) is 5.18. The molecule has 0 radical (unpaired) electrons. The minimum absolute atomic E-state index is 0.0180. The lowest BCUT2D eigenvalue weighted by Crippen LogP contribution is -2.62. The van der Waals surface area contributed by atoms with Crippen LogP contribution >= 0.6 is 0 Å². The van der Waals surface area contributed by atoms with Crippen molar-refractivity contribution >= 4 is 5.78 Å². The summed E-state index contributed by atoms with van der Waals surface area (Å²) in [4.78, 5) is 12.9. The van der Waals surface area contributed by atoms with Crippen LogP contribution in [0, 0.1) is 50.7 Å². The molecule has 36 heavy (non-hydrogen) atoms. The van der Waals surface area contributed by atoms with Gasteiger partial charge >= 0.3 is 0 Å². The summed E-state index contributed by atoms with van der Waals surface area (Å²) in [5, 5.41) is 53.5. The van der Waals surface area contributed by atoms with Crippen molar-refractivity contribution in [3.63, 3.8) is 0 Å². The standard InChI is InChI=1S/C30H50O6/c1-17(13-20(33)24(35)25(2,3)36)18-7-9-28(6)23-19(32)14-21-26(4,16-31)22(34)8-10-29(21)15-30(23,29)12-11-27(18,28)5/h17-21,23-24,31-33,35-36H,7-16H2,1-6H3/t17-,18-,19+,20-,21+,23+,24+,26+,27-,28+,29-,30+/m1/s1. The maximum Gasteiger partial charge on any atom is 0.141 e. The molecule has 0 saturated heterocycles. The molecule has 0 aromatic heterocycles. The van der Waals surface area contributed by atoms with Gasteiger partial charge in [0.05, 0.1) is 29.8 Å². The molecule has 5 N–H and O–H groups in total. The molecule has 0 aromatic carbocycles. The van der Waals surface area contributed by atoms with Crippen LogP contribution < -0.4 is 0 Å². The van der Waals surface area contributed by atoms with Crippen LogP contribution in [0.25, 0.3) is 0 Å². The normalized spacial score (nSPS) is 52.5. The van der Waals surface area contributed by atoms with Gasteiger partial charge in [0.1, 0.15) is 11.9 Å². The van der Waals surface area contributed by atoms with Gasteiger partial charge < -0.3 is 25.5 Å². The van der Waals surface area contributed by atoms with Crippen molar-refractivity contribution in [1.82, 2.24) is 0 Å². The SMILES string of the molecule is C[C@H](C[C@@H](O)[C@H](O)C(C)(C)O)[C@H]1CC[C@@]2(C)[C@@H]3[C@@H](O)C[C@@H]4[C@@]5(CCC(=O)[C@@]4(C)CO)C[C@@]35CC[C@]12C. The fourth-order valence-corrected chi connectivity index (χ4v) is 11.3. The zero-order valence-corrected chi connectivity index (χ0v) is 23.3. The molecule has 6 heteroatoms. The second-order valence-corrected chi connectivity index (χ2v) is 15.2. The van der Waals surface area contributed by atoms with Crippen molar-refractivity contribution in [1.29, 1.82) is 0 Å². The Bertz CT molecular complexity index is 914. The molecule has 12 atom stereocenters. The van der Waals surface area contributed by atoms with Crippen LogP contribution in [0.1, 0.15) is 99.3 Å². The van der Waals surface area contributed by atoms with Crippen LogP contribution in [0.4, 0.5) is 0 Å². The molecule has 0 heterocycles. The summed E-state index contributed by atoms with van der Waals surface area (Å²) in [7, 11) is 0. The Morgan fingerprint density at radius 1 is 1.03 bits per heavy atom. The molecule has 5 aliphatic rings. The van der Waals surface area contributed by atoms with Gasteiger partial charge in [-0.05, 0) is 111 Å². The topological polar surface area (TPSA) is 118 Å². The summed E-state index contributed by atoms with van der Waals surface area (Å²) in [6.45, 7) is 11.9. The van der Waals surface area contributed by atoms with E-state index in [-0.39, 0.29) is 51.8 Å². The lowest BCUT2D eigenvalue weighted by Gasteiger charge is -2.64. The highest BCUT2D eigenvalue weighted by Gasteiger charge is 2.84. The van der Waals surface area contributed by atoms with E-state index in [0.717, 1.165) is 38.5 Å². The third-order valence-corrected chi connectivity index (χ3v) is 13.4. The average molecular weight is 507 g/mol. The zero-order chi connectivity index (χ0) is 26.7. The van der Waals surface area contributed by atoms with Crippen LogP contribution in [-0.2, 0) is 4.79 Å². The number of aliphatic hydroxyl groups is 5. The molecule has 5 aliphatic carbocycles. The molecule has 2 spiro atoms. The van der Waals surface area contributed by atoms with Gasteiger partial charge in [-0.15, -0.1) is 0 Å². The maximum atomic E-state index is 12.9. The van der Waals surface area contributed by atoms with Crippen molar-refractivity contribution in [2.24, 2.45) is 50.7 Å². The Balaban J connectivity index is 1.43. The van der Waals surface area contributed by atoms with Crippen molar-refractivity contribution in [3.8, 4) is 0 Å². The van der Waals surface area contributed by atoms with E-state index in [9.17, 15) is 30.3 Å². The average Bonchev–Trinajstić information content (AvgIpc) is 3.36. The quantitative estimate of drug-likeness (QED) is 0.377. The van der Waals surface area contributed by atoms with E-state index in [0.29, 0.717) is 25.2 Å². The summed E-state index contributed by atoms with van der Waals surface area (Å²) in [5.41, 5.74) is -1.96. The van der Waals surface area contributed by atoms with Crippen molar-refractivity contribution < 1.29 is 30.3 Å². The minimum Gasteiger partial charge on any atom is -0.395 e. The summed E-state index contributed by atoms with van der Waals surface area (Å²) >= 11 is 0. The van der Waals surface area contributed by atoms with Gasteiger partial charge in [-0.1, -0.05) is 27.7 Å². The number of hydrogen-bond acceptors (Lipinski definition) is 6. The highest BCUT2D eigenvalue weighted by Crippen LogP contribution is 2.88. The molecular formula is C30H50O6. The van der Waals surface area contributed by atoms with Gasteiger partial charge in [0.2, 0.25) is 0 Å². The van der Waals surface area contributed by atoms with E-state index in [1.54, 1.807) is 0 Å². The van der Waals surface area contributed by atoms with Gasteiger partial charge in [-0.25, -0.2) is 0 Å². The van der Waals surface area contributed by atoms with Crippen LogP contribution in [0.2, 0.25) is 0 Å². The second kappa shape index (κ2) is 8.00. The highest BCUT2D eigenvalue weighted by molar-refractivity contribution is 5.86. The predicted octanol–water partition coefficient (Wildman–Crippen LogP) is 3.46. The van der Waals surface area contributed by atoms with Crippen LogP contribution in [0.5, 0.6) is 0 Å². The Morgan fingerprint density at radius 3 is 2.31 bits per heavy atom. The third kappa shape index (κ3) is 3.17. The highest BCUT2D eigenvalue weighted by atomic mass is 16.4. The number of rotatable bonds is 6. The van der Waals surface area contributed by atoms with Crippen LogP contribution in [-0.4, -0.2) is 61.8 Å². The van der Waals surface area contributed by atoms with E-state index in [1.807, 2.05) is 6.92 Å². The van der Waals surface area contributed by atoms with E-state index in [1.165, 1.54) is 13.8 Å². The molecular weight excluding hydrogens is 456 g/mol. The lowest BCUT2D eigenvalue weighted by atomic mass is 9.41. The van der Waals surface area contributed by atoms with Crippen LogP contribution in [0.15, 0.2) is 0 Å². The zero-order valence-electron chi connectivity index (χ0n) is 23.3. The molecule has 5 saturated carbocycles. The van der Waals surface area contributed by atoms with Crippen molar-refractivity contribution in [3.05, 3.63) is 0 Å². The number of carbonyl (C=O) groups is 1. The number of ketones is 1. The number of hydrogen-bond donors (Lipinski definition) is 5. The number of aliphatic hydroxyl groups excluding tert-OH is 4.